The van der Waals surface area contributed by atoms with Crippen LogP contribution in [0, 0.1) is 0 Å². The number of rotatable bonds is 6. The molecular weight excluding hydrogens is 390 g/mol. The number of aliphatic hydroxyl groups excluding tert-OH is 1. The van der Waals surface area contributed by atoms with Crippen molar-refractivity contribution in [3.8, 4) is 11.4 Å². The fourth-order valence-electron chi connectivity index (χ4n) is 3.87. The van der Waals surface area contributed by atoms with Crippen LogP contribution in [0.1, 0.15) is 28.9 Å². The predicted octanol–water partition coefficient (Wildman–Crippen LogP) is 3.35. The highest BCUT2D eigenvalue weighted by atomic mass is 16.5. The summed E-state index contributed by atoms with van der Waals surface area (Å²) < 4.78 is 15.6. The van der Waals surface area contributed by atoms with Crippen molar-refractivity contribution < 1.29 is 19.1 Å². The SMILES string of the molecule is OC(c1ccccc1OCc1ccccc1)c1n(-c2ccccc2)nc2[n+]1CCOC2. The second kappa shape index (κ2) is 8.71. The Labute approximate surface area is 180 Å². The molecule has 31 heavy (non-hydrogen) atoms. The van der Waals surface area contributed by atoms with Gasteiger partial charge < -0.3 is 14.6 Å². The fraction of sp³-hybridized carbons (Fsp3) is 0.200. The minimum absolute atomic E-state index is 0.422. The van der Waals surface area contributed by atoms with Gasteiger partial charge in [-0.2, -0.15) is 0 Å². The van der Waals surface area contributed by atoms with Gasteiger partial charge >= 0.3 is 5.82 Å². The first-order chi connectivity index (χ1) is 15.3. The van der Waals surface area contributed by atoms with Gasteiger partial charge in [-0.15, -0.1) is 0 Å². The number of nitrogens with zero attached hydrogens (tertiary/aromatic N) is 3. The van der Waals surface area contributed by atoms with Crippen molar-refractivity contribution in [1.82, 2.24) is 9.78 Å². The highest BCUT2D eigenvalue weighted by Gasteiger charge is 2.35. The molecule has 6 nitrogen and oxygen atoms in total. The van der Waals surface area contributed by atoms with E-state index in [-0.39, 0.29) is 0 Å². The third-order valence-electron chi connectivity index (χ3n) is 5.41. The molecule has 2 heterocycles. The Balaban J connectivity index is 1.54. The maximum atomic E-state index is 11.6. The number of hydrogen-bond donors (Lipinski definition) is 1. The Hall–Kier alpha value is -3.48. The van der Waals surface area contributed by atoms with Crippen molar-refractivity contribution in [3.05, 3.63) is 108 Å². The third kappa shape index (κ3) is 3.95. The van der Waals surface area contributed by atoms with Gasteiger partial charge in [-0.1, -0.05) is 71.4 Å². The van der Waals surface area contributed by atoms with Crippen molar-refractivity contribution in [2.75, 3.05) is 6.61 Å². The Kier molecular flexibility index (Phi) is 5.48. The number of ether oxygens (including phenoxy) is 2. The second-order valence-electron chi connectivity index (χ2n) is 7.44. The molecule has 0 bridgehead atoms. The van der Waals surface area contributed by atoms with Crippen LogP contribution < -0.4 is 9.30 Å². The smallest absolute Gasteiger partial charge is 0.304 e. The number of hydrogen-bond acceptors (Lipinski definition) is 4. The average molecular weight is 414 g/mol. The van der Waals surface area contributed by atoms with Crippen LogP contribution in [0.25, 0.3) is 5.69 Å². The van der Waals surface area contributed by atoms with Crippen LogP contribution in [-0.2, 0) is 24.5 Å². The quantitative estimate of drug-likeness (QED) is 0.492. The molecule has 5 rings (SSSR count). The molecule has 6 heteroatoms. The zero-order chi connectivity index (χ0) is 21.0. The Morgan fingerprint density at radius 1 is 0.968 bits per heavy atom. The molecule has 1 atom stereocenters. The summed E-state index contributed by atoms with van der Waals surface area (Å²) in [5.74, 6) is 2.15. The number of fused-ring (bicyclic) bond motifs is 1. The molecule has 0 saturated heterocycles. The van der Waals surface area contributed by atoms with Crippen LogP contribution in [0.4, 0.5) is 0 Å². The van der Waals surface area contributed by atoms with Crippen LogP contribution in [0.5, 0.6) is 5.75 Å². The summed E-state index contributed by atoms with van der Waals surface area (Å²) in [6.07, 6.45) is -0.911. The normalized spacial score (nSPS) is 14.1. The highest BCUT2D eigenvalue weighted by Crippen LogP contribution is 2.30. The first-order valence-corrected chi connectivity index (χ1v) is 10.4. The van der Waals surface area contributed by atoms with Gasteiger partial charge in [0.1, 0.15) is 24.7 Å². The van der Waals surface area contributed by atoms with Gasteiger partial charge in [-0.05, 0) is 23.8 Å². The van der Waals surface area contributed by atoms with E-state index in [2.05, 4.69) is 4.57 Å². The lowest BCUT2D eigenvalue weighted by Gasteiger charge is -2.17. The topological polar surface area (TPSA) is 60.4 Å². The molecule has 0 amide bonds. The van der Waals surface area contributed by atoms with Gasteiger partial charge in [0.15, 0.2) is 6.10 Å². The molecule has 1 aliphatic heterocycles. The van der Waals surface area contributed by atoms with E-state index in [9.17, 15) is 5.11 Å². The molecule has 0 radical (unpaired) electrons. The van der Waals surface area contributed by atoms with Crippen LogP contribution in [0.3, 0.4) is 0 Å². The lowest BCUT2D eigenvalue weighted by molar-refractivity contribution is -0.726. The zero-order valence-corrected chi connectivity index (χ0v) is 17.1. The highest BCUT2D eigenvalue weighted by molar-refractivity contribution is 5.39. The van der Waals surface area contributed by atoms with Crippen LogP contribution in [-0.4, -0.2) is 21.5 Å². The molecule has 1 aliphatic rings. The minimum Gasteiger partial charge on any atom is -0.489 e. The van der Waals surface area contributed by atoms with E-state index in [0.717, 1.165) is 17.1 Å². The van der Waals surface area contributed by atoms with Gasteiger partial charge in [-0.25, -0.2) is 4.57 Å². The molecule has 0 spiro atoms. The molecule has 0 fully saturated rings. The van der Waals surface area contributed by atoms with E-state index in [1.165, 1.54) is 0 Å². The van der Waals surface area contributed by atoms with E-state index in [0.29, 0.717) is 43.5 Å². The summed E-state index contributed by atoms with van der Waals surface area (Å²) in [6.45, 7) is 2.08. The summed E-state index contributed by atoms with van der Waals surface area (Å²) in [5, 5.41) is 16.3. The van der Waals surface area contributed by atoms with E-state index in [1.807, 2.05) is 89.6 Å². The average Bonchev–Trinajstić information content (AvgIpc) is 3.23. The van der Waals surface area contributed by atoms with E-state index >= 15 is 0 Å². The standard InChI is InChI=1S/C25H24N3O3/c29-24(21-13-7-8-14-22(21)31-17-19-9-3-1-4-10-19)25-27-15-16-30-18-23(27)26-28(25)20-11-5-2-6-12-20/h1-14,24,29H,15-18H2/q+1. The number of aliphatic hydroxyl groups is 1. The number of benzene rings is 3. The summed E-state index contributed by atoms with van der Waals surface area (Å²) in [5.41, 5.74) is 2.67. The van der Waals surface area contributed by atoms with Gasteiger partial charge in [0.05, 0.1) is 13.2 Å². The summed E-state index contributed by atoms with van der Waals surface area (Å²) in [7, 11) is 0. The Morgan fingerprint density at radius 2 is 1.68 bits per heavy atom. The fourth-order valence-corrected chi connectivity index (χ4v) is 3.87. The lowest BCUT2D eigenvalue weighted by atomic mass is 10.1. The van der Waals surface area contributed by atoms with Gasteiger partial charge in [-0.3, -0.25) is 0 Å². The van der Waals surface area contributed by atoms with Gasteiger partial charge in [0.2, 0.25) is 0 Å². The van der Waals surface area contributed by atoms with Gasteiger partial charge in [0, 0.05) is 10.7 Å². The minimum atomic E-state index is -0.911. The zero-order valence-electron chi connectivity index (χ0n) is 17.1. The van der Waals surface area contributed by atoms with Gasteiger partial charge in [0.25, 0.3) is 5.82 Å². The third-order valence-corrected chi connectivity index (χ3v) is 5.41. The van der Waals surface area contributed by atoms with Crippen LogP contribution in [0.2, 0.25) is 0 Å². The van der Waals surface area contributed by atoms with Crippen molar-refractivity contribution in [2.45, 2.75) is 25.9 Å². The summed E-state index contributed by atoms with van der Waals surface area (Å²) in [6, 6.07) is 27.5. The first-order valence-electron chi connectivity index (χ1n) is 10.4. The molecule has 1 N–H and O–H groups in total. The van der Waals surface area contributed by atoms with E-state index in [4.69, 9.17) is 14.6 Å². The van der Waals surface area contributed by atoms with E-state index in [1.54, 1.807) is 0 Å². The molecule has 0 saturated carbocycles. The van der Waals surface area contributed by atoms with Crippen molar-refractivity contribution in [1.29, 1.82) is 0 Å². The maximum Gasteiger partial charge on any atom is 0.304 e. The van der Waals surface area contributed by atoms with Crippen molar-refractivity contribution >= 4 is 0 Å². The van der Waals surface area contributed by atoms with Crippen molar-refractivity contribution in [2.24, 2.45) is 0 Å². The summed E-state index contributed by atoms with van der Waals surface area (Å²) in [4.78, 5) is 0. The molecule has 1 aromatic heterocycles. The predicted molar refractivity (Wildman–Crippen MR) is 115 cm³/mol. The Bertz CT molecular complexity index is 1160. The molecule has 156 valence electrons. The second-order valence-corrected chi connectivity index (χ2v) is 7.44. The molecular formula is C25H24N3O3+. The Morgan fingerprint density at radius 3 is 2.48 bits per heavy atom. The van der Waals surface area contributed by atoms with Crippen LogP contribution >= 0.6 is 0 Å². The molecule has 0 aliphatic carbocycles. The van der Waals surface area contributed by atoms with Crippen molar-refractivity contribution in [3.63, 3.8) is 0 Å². The summed E-state index contributed by atoms with van der Waals surface area (Å²) >= 11 is 0. The number of aromatic nitrogens is 3. The number of para-hydroxylation sites is 2. The maximum absolute atomic E-state index is 11.6. The molecule has 3 aromatic carbocycles. The van der Waals surface area contributed by atoms with Crippen LogP contribution in [0.15, 0.2) is 84.9 Å². The largest absolute Gasteiger partial charge is 0.489 e. The first kappa shape index (κ1) is 19.5. The van der Waals surface area contributed by atoms with E-state index < -0.39 is 6.10 Å². The lowest BCUT2D eigenvalue weighted by Crippen LogP contribution is -2.47. The molecule has 1 unspecified atom stereocenters. The molecule has 4 aromatic rings. The monoisotopic (exact) mass is 414 g/mol.